The van der Waals surface area contributed by atoms with E-state index in [-0.39, 0.29) is 6.04 Å². The monoisotopic (exact) mass is 277 g/mol. The first kappa shape index (κ1) is 13.6. The molecule has 0 radical (unpaired) electrons. The van der Waals surface area contributed by atoms with Gasteiger partial charge in [0.15, 0.2) is 0 Å². The third kappa shape index (κ3) is 3.83. The van der Waals surface area contributed by atoms with Crippen molar-refractivity contribution < 1.29 is 4.74 Å². The third-order valence-electron chi connectivity index (χ3n) is 2.66. The highest BCUT2D eigenvalue weighted by Gasteiger charge is 2.06. The van der Waals surface area contributed by atoms with Crippen LogP contribution in [0.3, 0.4) is 0 Å². The van der Waals surface area contributed by atoms with Gasteiger partial charge in [-0.3, -0.25) is 4.98 Å². The second-order valence-electron chi connectivity index (χ2n) is 4.10. The van der Waals surface area contributed by atoms with Crippen LogP contribution in [0.2, 0.25) is 5.15 Å². The molecule has 0 saturated carbocycles. The molecule has 0 aliphatic carbocycles. The summed E-state index contributed by atoms with van der Waals surface area (Å²) in [4.78, 5) is 8.15. The summed E-state index contributed by atoms with van der Waals surface area (Å²) in [6.07, 6.45) is 3.16. The molecule has 0 aliphatic heterocycles. The second kappa shape index (κ2) is 6.38. The summed E-state index contributed by atoms with van der Waals surface area (Å²) in [5, 5.41) is 3.63. The van der Waals surface area contributed by atoms with Crippen molar-refractivity contribution in [3.8, 4) is 5.75 Å². The summed E-state index contributed by atoms with van der Waals surface area (Å²) < 4.78 is 5.41. The fourth-order valence-electron chi connectivity index (χ4n) is 1.74. The number of rotatable bonds is 5. The maximum absolute atomic E-state index is 5.80. The molecule has 0 bridgehead atoms. The van der Waals surface area contributed by atoms with Gasteiger partial charge in [-0.1, -0.05) is 23.7 Å². The Balaban J connectivity index is 2.05. The predicted molar refractivity (Wildman–Crippen MR) is 76.7 cm³/mol. The van der Waals surface area contributed by atoms with Crippen molar-refractivity contribution in [3.05, 3.63) is 47.4 Å². The van der Waals surface area contributed by atoms with Crippen molar-refractivity contribution in [1.29, 1.82) is 0 Å². The molecule has 5 heteroatoms. The summed E-state index contributed by atoms with van der Waals surface area (Å²) in [6.45, 7) is 4.69. The van der Waals surface area contributed by atoms with Gasteiger partial charge in [-0.05, 0) is 31.5 Å². The zero-order valence-electron chi connectivity index (χ0n) is 10.9. The lowest BCUT2D eigenvalue weighted by molar-refractivity contribution is 0.340. The number of hydrogen-bond acceptors (Lipinski definition) is 4. The van der Waals surface area contributed by atoms with Crippen LogP contribution in [0.5, 0.6) is 5.75 Å². The SMILES string of the molecule is CCOc1ccc([C@@H](C)Nc2cncc(Cl)n2)cc1. The van der Waals surface area contributed by atoms with Crippen molar-refractivity contribution in [2.45, 2.75) is 19.9 Å². The Labute approximate surface area is 117 Å². The molecule has 1 N–H and O–H groups in total. The number of ether oxygens (including phenoxy) is 1. The quantitative estimate of drug-likeness (QED) is 0.905. The highest BCUT2D eigenvalue weighted by atomic mass is 35.5. The van der Waals surface area contributed by atoms with Gasteiger partial charge in [0, 0.05) is 6.04 Å². The van der Waals surface area contributed by atoms with E-state index < -0.39 is 0 Å². The molecule has 0 amide bonds. The molecule has 0 aliphatic rings. The zero-order chi connectivity index (χ0) is 13.7. The summed E-state index contributed by atoms with van der Waals surface area (Å²) in [7, 11) is 0. The van der Waals surface area contributed by atoms with Crippen molar-refractivity contribution in [1.82, 2.24) is 9.97 Å². The van der Waals surface area contributed by atoms with Crippen molar-refractivity contribution in [2.75, 3.05) is 11.9 Å². The van der Waals surface area contributed by atoms with Crippen molar-refractivity contribution >= 4 is 17.4 Å². The van der Waals surface area contributed by atoms with E-state index in [0.717, 1.165) is 11.3 Å². The maximum Gasteiger partial charge on any atom is 0.149 e. The topological polar surface area (TPSA) is 47.0 Å². The Kier molecular flexibility index (Phi) is 4.58. The number of anilines is 1. The fraction of sp³-hybridized carbons (Fsp3) is 0.286. The molecule has 2 rings (SSSR count). The van der Waals surface area contributed by atoms with E-state index in [9.17, 15) is 0 Å². The molecule has 19 heavy (non-hydrogen) atoms. The molecular formula is C14H16ClN3O. The van der Waals surface area contributed by atoms with Gasteiger partial charge >= 0.3 is 0 Å². The van der Waals surface area contributed by atoms with Gasteiger partial charge in [-0.2, -0.15) is 0 Å². The minimum absolute atomic E-state index is 0.114. The molecule has 1 heterocycles. The third-order valence-corrected chi connectivity index (χ3v) is 2.84. The lowest BCUT2D eigenvalue weighted by Crippen LogP contribution is -2.08. The standard InChI is InChI=1S/C14H16ClN3O/c1-3-19-12-6-4-11(5-7-12)10(2)17-14-9-16-8-13(15)18-14/h4-10H,3H2,1-2H3,(H,17,18)/t10-/m1/s1. The molecule has 0 unspecified atom stereocenters. The van der Waals surface area contributed by atoms with Crippen molar-refractivity contribution in [3.63, 3.8) is 0 Å². The van der Waals surface area contributed by atoms with Crippen LogP contribution >= 0.6 is 11.6 Å². The Bertz CT molecular complexity index is 530. The zero-order valence-corrected chi connectivity index (χ0v) is 11.7. The largest absolute Gasteiger partial charge is 0.494 e. The molecule has 2 aromatic rings. The molecular weight excluding hydrogens is 262 g/mol. The van der Waals surface area contributed by atoms with Crippen LogP contribution in [0, 0.1) is 0 Å². The predicted octanol–water partition coefficient (Wildman–Crippen LogP) is 3.70. The number of benzene rings is 1. The molecule has 1 aromatic heterocycles. The molecule has 0 saturated heterocycles. The highest BCUT2D eigenvalue weighted by molar-refractivity contribution is 6.29. The number of nitrogens with one attached hydrogen (secondary N) is 1. The lowest BCUT2D eigenvalue weighted by Gasteiger charge is -2.15. The van der Waals surface area contributed by atoms with Crippen LogP contribution < -0.4 is 10.1 Å². The molecule has 0 fully saturated rings. The number of aromatic nitrogens is 2. The summed E-state index contributed by atoms with van der Waals surface area (Å²) in [5.74, 6) is 1.54. The van der Waals surface area contributed by atoms with E-state index in [0.29, 0.717) is 17.6 Å². The van der Waals surface area contributed by atoms with E-state index in [4.69, 9.17) is 16.3 Å². The minimum Gasteiger partial charge on any atom is -0.494 e. The van der Waals surface area contributed by atoms with Crippen LogP contribution in [0.15, 0.2) is 36.7 Å². The smallest absolute Gasteiger partial charge is 0.149 e. The Hall–Kier alpha value is -1.81. The highest BCUT2D eigenvalue weighted by Crippen LogP contribution is 2.21. The molecule has 1 atom stereocenters. The Morgan fingerprint density at radius 1 is 1.26 bits per heavy atom. The van der Waals surface area contributed by atoms with Crippen molar-refractivity contribution in [2.24, 2.45) is 0 Å². The first-order valence-electron chi connectivity index (χ1n) is 6.16. The van der Waals surface area contributed by atoms with Crippen LogP contribution in [0.1, 0.15) is 25.5 Å². The molecule has 100 valence electrons. The van der Waals surface area contributed by atoms with Gasteiger partial charge in [-0.15, -0.1) is 0 Å². The number of hydrogen-bond donors (Lipinski definition) is 1. The van der Waals surface area contributed by atoms with Crippen LogP contribution in [-0.2, 0) is 0 Å². The molecule has 1 aromatic carbocycles. The first-order valence-corrected chi connectivity index (χ1v) is 6.53. The average molecular weight is 278 g/mol. The average Bonchev–Trinajstić information content (AvgIpc) is 2.40. The number of halogens is 1. The van der Waals surface area contributed by atoms with E-state index in [1.807, 2.05) is 31.2 Å². The van der Waals surface area contributed by atoms with Gasteiger partial charge in [0.25, 0.3) is 0 Å². The summed E-state index contributed by atoms with van der Waals surface area (Å²) in [5.41, 5.74) is 1.14. The lowest BCUT2D eigenvalue weighted by atomic mass is 10.1. The van der Waals surface area contributed by atoms with Crippen LogP contribution in [-0.4, -0.2) is 16.6 Å². The fourth-order valence-corrected chi connectivity index (χ4v) is 1.88. The Morgan fingerprint density at radius 3 is 2.63 bits per heavy atom. The van der Waals surface area contributed by atoms with E-state index in [1.54, 1.807) is 6.20 Å². The maximum atomic E-state index is 5.80. The summed E-state index contributed by atoms with van der Waals surface area (Å²) in [6, 6.07) is 8.09. The van der Waals surface area contributed by atoms with Gasteiger partial charge in [0.05, 0.1) is 19.0 Å². The number of nitrogens with zero attached hydrogens (tertiary/aromatic N) is 2. The van der Waals surface area contributed by atoms with Gasteiger partial charge < -0.3 is 10.1 Å². The van der Waals surface area contributed by atoms with Crippen LogP contribution in [0.4, 0.5) is 5.82 Å². The van der Waals surface area contributed by atoms with Crippen LogP contribution in [0.25, 0.3) is 0 Å². The molecule has 4 nitrogen and oxygen atoms in total. The molecule has 0 spiro atoms. The van der Waals surface area contributed by atoms with Gasteiger partial charge in [-0.25, -0.2) is 4.98 Å². The van der Waals surface area contributed by atoms with E-state index in [1.165, 1.54) is 6.20 Å². The van der Waals surface area contributed by atoms with Gasteiger partial charge in [0.2, 0.25) is 0 Å². The first-order chi connectivity index (χ1) is 9.19. The normalized spacial score (nSPS) is 11.9. The minimum atomic E-state index is 0.114. The Morgan fingerprint density at radius 2 is 2.00 bits per heavy atom. The summed E-state index contributed by atoms with van der Waals surface area (Å²) >= 11 is 5.80. The van der Waals surface area contributed by atoms with E-state index >= 15 is 0 Å². The van der Waals surface area contributed by atoms with E-state index in [2.05, 4.69) is 22.2 Å². The second-order valence-corrected chi connectivity index (χ2v) is 4.48. The van der Waals surface area contributed by atoms with Gasteiger partial charge in [0.1, 0.15) is 16.7 Å².